The molecule has 1 saturated heterocycles. The van der Waals surface area contributed by atoms with Crippen molar-refractivity contribution in [2.24, 2.45) is 5.92 Å². The van der Waals surface area contributed by atoms with Crippen LogP contribution >= 0.6 is 0 Å². The summed E-state index contributed by atoms with van der Waals surface area (Å²) < 4.78 is 12.8. The highest BCUT2D eigenvalue weighted by atomic mass is 19.1. The van der Waals surface area contributed by atoms with E-state index in [2.05, 4.69) is 4.90 Å². The van der Waals surface area contributed by atoms with Gasteiger partial charge in [0, 0.05) is 37.7 Å². The molecule has 0 radical (unpaired) electrons. The first kappa shape index (κ1) is 14.2. The summed E-state index contributed by atoms with van der Waals surface area (Å²) in [5.41, 5.74) is 0.535. The Labute approximate surface area is 123 Å². The quantitative estimate of drug-likeness (QED) is 0.790. The Morgan fingerprint density at radius 1 is 1.05 bits per heavy atom. The summed E-state index contributed by atoms with van der Waals surface area (Å²) in [5, 5.41) is 0. The molecule has 112 valence electrons. The molecule has 2 fully saturated rings. The van der Waals surface area contributed by atoms with Crippen LogP contribution in [0, 0.1) is 11.7 Å². The molecule has 0 spiro atoms. The second kappa shape index (κ2) is 5.93. The lowest BCUT2D eigenvalue weighted by Crippen LogP contribution is -2.50. The van der Waals surface area contributed by atoms with E-state index in [1.807, 2.05) is 4.90 Å². The van der Waals surface area contributed by atoms with E-state index in [1.165, 1.54) is 24.3 Å². The molecule has 3 rings (SSSR count). The summed E-state index contributed by atoms with van der Waals surface area (Å²) in [4.78, 5) is 28.0. The van der Waals surface area contributed by atoms with Gasteiger partial charge in [0.2, 0.25) is 5.91 Å². The molecule has 5 heteroatoms. The van der Waals surface area contributed by atoms with Crippen molar-refractivity contribution in [3.05, 3.63) is 35.6 Å². The predicted octanol–water partition coefficient (Wildman–Crippen LogP) is 1.56. The number of amides is 1. The Hall–Kier alpha value is -1.75. The average Bonchev–Trinajstić information content (AvgIpc) is 3.32. The molecule has 0 N–H and O–H groups in total. The van der Waals surface area contributed by atoms with E-state index >= 15 is 0 Å². The number of benzene rings is 1. The minimum absolute atomic E-state index is 0.00281. The van der Waals surface area contributed by atoms with Crippen molar-refractivity contribution >= 4 is 11.7 Å². The third-order valence-corrected chi connectivity index (χ3v) is 4.14. The smallest absolute Gasteiger partial charge is 0.225 e. The second-order valence-corrected chi connectivity index (χ2v) is 5.81. The lowest BCUT2D eigenvalue weighted by Gasteiger charge is -2.34. The lowest BCUT2D eigenvalue weighted by atomic mass is 10.1. The van der Waals surface area contributed by atoms with Crippen LogP contribution < -0.4 is 0 Å². The molecule has 1 aromatic rings. The first-order valence-corrected chi connectivity index (χ1v) is 7.43. The van der Waals surface area contributed by atoms with Crippen molar-refractivity contribution in [2.45, 2.75) is 12.8 Å². The number of hydrogen-bond donors (Lipinski definition) is 0. The van der Waals surface area contributed by atoms with Gasteiger partial charge in [0.1, 0.15) is 5.82 Å². The number of ketones is 1. The molecule has 0 atom stereocenters. The van der Waals surface area contributed by atoms with Crippen LogP contribution in [0.25, 0.3) is 0 Å². The molecule has 1 aromatic carbocycles. The zero-order valence-electron chi connectivity index (χ0n) is 11.9. The van der Waals surface area contributed by atoms with Crippen LogP contribution in [-0.2, 0) is 4.79 Å². The summed E-state index contributed by atoms with van der Waals surface area (Å²) in [5.74, 6) is 0.202. The number of halogens is 1. The van der Waals surface area contributed by atoms with E-state index in [1.54, 1.807) is 0 Å². The summed E-state index contributed by atoms with van der Waals surface area (Å²) in [6, 6.07) is 5.65. The number of Topliss-reactive ketones (excluding diaryl/α,β-unsaturated/α-hetero) is 1. The van der Waals surface area contributed by atoms with Gasteiger partial charge in [-0.05, 0) is 37.1 Å². The van der Waals surface area contributed by atoms with E-state index in [-0.39, 0.29) is 23.4 Å². The Kier molecular flexibility index (Phi) is 4.01. The van der Waals surface area contributed by atoms with Crippen LogP contribution in [0.15, 0.2) is 24.3 Å². The zero-order chi connectivity index (χ0) is 14.8. The average molecular weight is 290 g/mol. The van der Waals surface area contributed by atoms with Gasteiger partial charge in [-0.15, -0.1) is 0 Å². The molecule has 1 aliphatic heterocycles. The molecule has 1 saturated carbocycles. The molecule has 0 unspecified atom stereocenters. The highest BCUT2D eigenvalue weighted by Gasteiger charge is 2.34. The van der Waals surface area contributed by atoms with Crippen molar-refractivity contribution in [1.29, 1.82) is 0 Å². The molecule has 1 amide bonds. The topological polar surface area (TPSA) is 40.6 Å². The minimum Gasteiger partial charge on any atom is -0.340 e. The molecule has 1 aliphatic carbocycles. The normalized spacial score (nSPS) is 19.6. The number of carbonyl (C=O) groups excluding carboxylic acids is 2. The number of nitrogens with zero attached hydrogens (tertiary/aromatic N) is 2. The van der Waals surface area contributed by atoms with Crippen molar-refractivity contribution in [3.63, 3.8) is 0 Å². The number of rotatable bonds is 4. The number of carbonyl (C=O) groups is 2. The van der Waals surface area contributed by atoms with Gasteiger partial charge in [-0.1, -0.05) is 0 Å². The molecular formula is C16H19FN2O2. The second-order valence-electron chi connectivity index (χ2n) is 5.81. The van der Waals surface area contributed by atoms with Crippen LogP contribution in [0.1, 0.15) is 23.2 Å². The van der Waals surface area contributed by atoms with Gasteiger partial charge in [0.05, 0.1) is 6.54 Å². The van der Waals surface area contributed by atoms with E-state index in [0.29, 0.717) is 25.2 Å². The summed E-state index contributed by atoms with van der Waals surface area (Å²) in [6.07, 6.45) is 2.06. The van der Waals surface area contributed by atoms with Crippen LogP contribution in [0.5, 0.6) is 0 Å². The maximum absolute atomic E-state index is 12.8. The summed E-state index contributed by atoms with van der Waals surface area (Å²) >= 11 is 0. The Morgan fingerprint density at radius 3 is 2.24 bits per heavy atom. The van der Waals surface area contributed by atoms with E-state index in [9.17, 15) is 14.0 Å². The Balaban J connectivity index is 1.49. The van der Waals surface area contributed by atoms with Crippen LogP contribution in [-0.4, -0.2) is 54.2 Å². The van der Waals surface area contributed by atoms with Gasteiger partial charge in [-0.3, -0.25) is 14.5 Å². The fourth-order valence-corrected chi connectivity index (χ4v) is 2.65. The van der Waals surface area contributed by atoms with E-state index in [4.69, 9.17) is 0 Å². The lowest BCUT2D eigenvalue weighted by molar-refractivity contribution is -0.134. The third-order valence-electron chi connectivity index (χ3n) is 4.14. The minimum atomic E-state index is -0.334. The van der Waals surface area contributed by atoms with Crippen LogP contribution in [0.3, 0.4) is 0 Å². The molecule has 1 heterocycles. The first-order chi connectivity index (χ1) is 10.1. The molecule has 21 heavy (non-hydrogen) atoms. The fraction of sp³-hybridized carbons (Fsp3) is 0.500. The van der Waals surface area contributed by atoms with Gasteiger partial charge in [-0.2, -0.15) is 0 Å². The van der Waals surface area contributed by atoms with Gasteiger partial charge < -0.3 is 4.90 Å². The van der Waals surface area contributed by atoms with Gasteiger partial charge in [0.25, 0.3) is 0 Å². The largest absolute Gasteiger partial charge is 0.340 e. The van der Waals surface area contributed by atoms with E-state index in [0.717, 1.165) is 25.9 Å². The molecule has 2 aliphatic rings. The highest BCUT2D eigenvalue weighted by Crippen LogP contribution is 2.31. The van der Waals surface area contributed by atoms with Crippen LogP contribution in [0.4, 0.5) is 4.39 Å². The Morgan fingerprint density at radius 2 is 1.67 bits per heavy atom. The highest BCUT2D eigenvalue weighted by molar-refractivity contribution is 5.97. The van der Waals surface area contributed by atoms with Crippen molar-refractivity contribution in [2.75, 3.05) is 32.7 Å². The molecule has 0 bridgehead atoms. The van der Waals surface area contributed by atoms with Crippen molar-refractivity contribution in [1.82, 2.24) is 9.80 Å². The third kappa shape index (κ3) is 3.47. The maximum Gasteiger partial charge on any atom is 0.225 e. The fourth-order valence-electron chi connectivity index (χ4n) is 2.65. The number of piperazine rings is 1. The zero-order valence-corrected chi connectivity index (χ0v) is 11.9. The Bertz CT molecular complexity index is 532. The van der Waals surface area contributed by atoms with Gasteiger partial charge in [0.15, 0.2) is 5.78 Å². The monoisotopic (exact) mass is 290 g/mol. The summed E-state index contributed by atoms with van der Waals surface area (Å²) in [6.45, 7) is 3.19. The van der Waals surface area contributed by atoms with Gasteiger partial charge >= 0.3 is 0 Å². The SMILES string of the molecule is O=C(CN1CCN(C(=O)C2CC2)CC1)c1ccc(F)cc1. The van der Waals surface area contributed by atoms with Gasteiger partial charge in [-0.25, -0.2) is 4.39 Å². The van der Waals surface area contributed by atoms with Crippen LogP contribution in [0.2, 0.25) is 0 Å². The summed E-state index contributed by atoms with van der Waals surface area (Å²) in [7, 11) is 0. The molecule has 0 aromatic heterocycles. The predicted molar refractivity (Wildman–Crippen MR) is 76.5 cm³/mol. The maximum atomic E-state index is 12.8. The van der Waals surface area contributed by atoms with Crippen molar-refractivity contribution in [3.8, 4) is 0 Å². The standard InChI is InChI=1S/C16H19FN2O2/c17-14-5-3-12(4-6-14)15(20)11-18-7-9-19(10-8-18)16(21)13-1-2-13/h3-6,13H,1-2,7-11H2. The molecule has 4 nitrogen and oxygen atoms in total. The molecular weight excluding hydrogens is 271 g/mol. The number of hydrogen-bond acceptors (Lipinski definition) is 3. The van der Waals surface area contributed by atoms with E-state index < -0.39 is 0 Å². The van der Waals surface area contributed by atoms with Crippen molar-refractivity contribution < 1.29 is 14.0 Å². The first-order valence-electron chi connectivity index (χ1n) is 7.43.